The Morgan fingerprint density at radius 3 is 2.32 bits per heavy atom. The zero-order chi connectivity index (χ0) is 22.1. The Kier molecular flexibility index (Phi) is 5.29. The molecular formula is C23H21NO7. The fourth-order valence-corrected chi connectivity index (χ4v) is 3.65. The maximum absolute atomic E-state index is 13.0. The Morgan fingerprint density at radius 1 is 1.03 bits per heavy atom. The van der Waals surface area contributed by atoms with Crippen LogP contribution in [0.15, 0.2) is 45.6 Å². The number of nitrogens with one attached hydrogen (secondary N) is 1. The number of aromatic amines is 1. The minimum atomic E-state index is -0.755. The largest absolute Gasteiger partial charge is 0.493 e. The molecule has 2 aromatic heterocycles. The van der Waals surface area contributed by atoms with Crippen LogP contribution >= 0.6 is 0 Å². The molecule has 8 heteroatoms. The minimum Gasteiger partial charge on any atom is -0.493 e. The first-order chi connectivity index (χ1) is 15.0. The number of aromatic nitrogens is 1. The fourth-order valence-electron chi connectivity index (χ4n) is 3.65. The van der Waals surface area contributed by atoms with Gasteiger partial charge in [0.25, 0.3) is 5.56 Å². The molecule has 0 radical (unpaired) electrons. The second kappa shape index (κ2) is 8.06. The van der Waals surface area contributed by atoms with Gasteiger partial charge in [-0.05, 0) is 36.8 Å². The van der Waals surface area contributed by atoms with Crippen LogP contribution in [0.2, 0.25) is 0 Å². The molecule has 0 aliphatic rings. The average Bonchev–Trinajstić information content (AvgIpc) is 3.15. The number of ether oxygens (including phenoxy) is 4. The zero-order valence-electron chi connectivity index (χ0n) is 17.5. The molecule has 0 fully saturated rings. The third-order valence-electron chi connectivity index (χ3n) is 4.97. The van der Waals surface area contributed by atoms with Crippen molar-refractivity contribution in [2.75, 3.05) is 27.9 Å². The van der Waals surface area contributed by atoms with E-state index >= 15 is 0 Å². The van der Waals surface area contributed by atoms with Crippen molar-refractivity contribution in [2.45, 2.75) is 6.92 Å². The number of fused-ring (bicyclic) bond motifs is 3. The molecule has 2 aromatic carbocycles. The molecule has 0 saturated carbocycles. The van der Waals surface area contributed by atoms with Gasteiger partial charge >= 0.3 is 5.97 Å². The summed E-state index contributed by atoms with van der Waals surface area (Å²) in [5.41, 5.74) is 1.42. The highest BCUT2D eigenvalue weighted by atomic mass is 16.5. The lowest BCUT2D eigenvalue weighted by Gasteiger charge is -2.15. The maximum Gasteiger partial charge on any atom is 0.344 e. The van der Waals surface area contributed by atoms with Crippen molar-refractivity contribution in [2.24, 2.45) is 0 Å². The van der Waals surface area contributed by atoms with Crippen molar-refractivity contribution in [3.05, 3.63) is 52.3 Å². The molecule has 0 amide bonds. The summed E-state index contributed by atoms with van der Waals surface area (Å²) in [4.78, 5) is 28.6. The van der Waals surface area contributed by atoms with Crippen LogP contribution in [0.3, 0.4) is 0 Å². The summed E-state index contributed by atoms with van der Waals surface area (Å²) >= 11 is 0. The van der Waals surface area contributed by atoms with E-state index in [1.54, 1.807) is 25.1 Å². The topological polar surface area (TPSA) is 100.0 Å². The predicted molar refractivity (Wildman–Crippen MR) is 115 cm³/mol. The van der Waals surface area contributed by atoms with Crippen LogP contribution in [-0.2, 0) is 4.74 Å². The van der Waals surface area contributed by atoms with Gasteiger partial charge in [-0.1, -0.05) is 12.1 Å². The predicted octanol–water partition coefficient (Wildman–Crippen LogP) is 4.14. The molecule has 0 aliphatic heterocycles. The summed E-state index contributed by atoms with van der Waals surface area (Å²) in [7, 11) is 4.47. The number of carbonyl (C=O) groups excluding carboxylic acids is 1. The third kappa shape index (κ3) is 3.26. The Bertz CT molecular complexity index is 1320. The van der Waals surface area contributed by atoms with Crippen LogP contribution in [0.5, 0.6) is 17.2 Å². The van der Waals surface area contributed by atoms with E-state index in [0.717, 1.165) is 5.39 Å². The fraction of sp³-hybridized carbons (Fsp3) is 0.217. The molecule has 0 aliphatic carbocycles. The second-order valence-corrected chi connectivity index (χ2v) is 6.64. The van der Waals surface area contributed by atoms with E-state index in [4.69, 9.17) is 23.4 Å². The van der Waals surface area contributed by atoms with Gasteiger partial charge in [0, 0.05) is 10.9 Å². The maximum atomic E-state index is 13.0. The Balaban J connectivity index is 2.16. The highest BCUT2D eigenvalue weighted by Gasteiger charge is 2.27. The van der Waals surface area contributed by atoms with Gasteiger partial charge in [-0.25, -0.2) is 4.79 Å². The third-order valence-corrected chi connectivity index (χ3v) is 4.97. The van der Waals surface area contributed by atoms with Gasteiger partial charge in [0.05, 0.1) is 33.5 Å². The monoisotopic (exact) mass is 423 g/mol. The average molecular weight is 423 g/mol. The number of esters is 1. The van der Waals surface area contributed by atoms with Crippen molar-refractivity contribution in [3.63, 3.8) is 0 Å². The van der Waals surface area contributed by atoms with Crippen LogP contribution in [0.4, 0.5) is 0 Å². The molecule has 4 aromatic rings. The first-order valence-corrected chi connectivity index (χ1v) is 9.59. The Morgan fingerprint density at radius 2 is 1.71 bits per heavy atom. The van der Waals surface area contributed by atoms with E-state index in [1.807, 2.05) is 18.2 Å². The van der Waals surface area contributed by atoms with Crippen LogP contribution < -0.4 is 19.8 Å². The van der Waals surface area contributed by atoms with Gasteiger partial charge < -0.3 is 28.3 Å². The van der Waals surface area contributed by atoms with Crippen molar-refractivity contribution in [1.29, 1.82) is 0 Å². The number of para-hydroxylation sites is 1. The van der Waals surface area contributed by atoms with E-state index in [0.29, 0.717) is 39.5 Å². The number of carbonyl (C=O) groups is 1. The van der Waals surface area contributed by atoms with E-state index in [-0.39, 0.29) is 17.7 Å². The normalized spacial score (nSPS) is 11.0. The lowest BCUT2D eigenvalue weighted by Crippen LogP contribution is -2.21. The van der Waals surface area contributed by atoms with Crippen molar-refractivity contribution in [1.82, 2.24) is 4.98 Å². The molecule has 1 N–H and O–H groups in total. The second-order valence-electron chi connectivity index (χ2n) is 6.64. The number of pyridine rings is 1. The molecule has 8 nitrogen and oxygen atoms in total. The number of furan rings is 1. The number of hydrogen-bond acceptors (Lipinski definition) is 7. The van der Waals surface area contributed by atoms with E-state index in [2.05, 4.69) is 4.98 Å². The van der Waals surface area contributed by atoms with Gasteiger partial charge in [-0.2, -0.15) is 0 Å². The highest BCUT2D eigenvalue weighted by molar-refractivity contribution is 6.12. The summed E-state index contributed by atoms with van der Waals surface area (Å²) < 4.78 is 27.5. The first-order valence-electron chi connectivity index (χ1n) is 9.59. The Hall–Kier alpha value is -3.94. The van der Waals surface area contributed by atoms with Crippen LogP contribution in [0, 0.1) is 0 Å². The Labute approximate surface area is 177 Å². The van der Waals surface area contributed by atoms with Gasteiger partial charge in [-0.15, -0.1) is 0 Å². The molecular weight excluding hydrogens is 402 g/mol. The molecule has 2 heterocycles. The molecule has 0 unspecified atom stereocenters. The summed E-state index contributed by atoms with van der Waals surface area (Å²) in [6, 6.07) is 10.6. The van der Waals surface area contributed by atoms with Gasteiger partial charge in [0.15, 0.2) is 17.1 Å². The molecule has 31 heavy (non-hydrogen) atoms. The SMILES string of the molecule is CCOC(=O)c1c(-c2cc(OC)c(OC)c(OC)c2)c2oc3ccccc3c2[nH]c1=O. The summed E-state index contributed by atoms with van der Waals surface area (Å²) in [5, 5.41) is 0.721. The number of hydrogen-bond donors (Lipinski definition) is 1. The summed E-state index contributed by atoms with van der Waals surface area (Å²) in [5.74, 6) is 0.374. The van der Waals surface area contributed by atoms with Gasteiger partial charge in [0.2, 0.25) is 5.75 Å². The molecule has 0 atom stereocenters. The lowest BCUT2D eigenvalue weighted by molar-refractivity contribution is 0.0525. The minimum absolute atomic E-state index is 0.116. The smallest absolute Gasteiger partial charge is 0.344 e. The lowest BCUT2D eigenvalue weighted by atomic mass is 9.98. The number of methoxy groups -OCH3 is 3. The quantitative estimate of drug-likeness (QED) is 0.465. The standard InChI is InChI=1S/C23H21NO7/c1-5-30-23(26)18-17(12-10-15(27-2)20(29-4)16(11-12)28-3)21-19(24-22(18)25)13-8-6-7-9-14(13)31-21/h6-11H,5H2,1-4H3,(H,24,25). The van der Waals surface area contributed by atoms with Gasteiger partial charge in [0.1, 0.15) is 11.1 Å². The number of H-pyrrole nitrogens is 1. The molecule has 0 spiro atoms. The van der Waals surface area contributed by atoms with Gasteiger partial charge in [-0.3, -0.25) is 4.79 Å². The van der Waals surface area contributed by atoms with Crippen molar-refractivity contribution < 1.29 is 28.2 Å². The highest BCUT2D eigenvalue weighted by Crippen LogP contribution is 2.44. The molecule has 0 bridgehead atoms. The zero-order valence-corrected chi connectivity index (χ0v) is 17.5. The van der Waals surface area contributed by atoms with E-state index in [1.165, 1.54) is 21.3 Å². The molecule has 0 saturated heterocycles. The summed E-state index contributed by atoms with van der Waals surface area (Å²) in [6.45, 7) is 1.79. The van der Waals surface area contributed by atoms with E-state index < -0.39 is 11.5 Å². The van der Waals surface area contributed by atoms with Crippen LogP contribution in [0.1, 0.15) is 17.3 Å². The molecule has 4 rings (SSSR count). The molecule has 160 valence electrons. The number of rotatable bonds is 6. The van der Waals surface area contributed by atoms with Crippen molar-refractivity contribution in [3.8, 4) is 28.4 Å². The van der Waals surface area contributed by atoms with Crippen LogP contribution in [0.25, 0.3) is 33.2 Å². The summed E-state index contributed by atoms with van der Waals surface area (Å²) in [6.07, 6.45) is 0. The van der Waals surface area contributed by atoms with Crippen LogP contribution in [-0.4, -0.2) is 38.9 Å². The first kappa shape index (κ1) is 20.3. The number of benzene rings is 2. The van der Waals surface area contributed by atoms with Crippen molar-refractivity contribution >= 4 is 28.0 Å². The van der Waals surface area contributed by atoms with E-state index in [9.17, 15) is 9.59 Å².